The van der Waals surface area contributed by atoms with E-state index in [1.165, 1.54) is 12.8 Å². The number of aromatic nitrogens is 1. The number of rotatable bonds is 8. The van der Waals surface area contributed by atoms with Crippen molar-refractivity contribution in [2.24, 2.45) is 5.73 Å². The Hall–Kier alpha value is -1.29. The van der Waals surface area contributed by atoms with Gasteiger partial charge in [0, 0.05) is 30.5 Å². The van der Waals surface area contributed by atoms with Gasteiger partial charge in [0.15, 0.2) is 0 Å². The third-order valence-corrected chi connectivity index (χ3v) is 2.40. The molecule has 0 unspecified atom stereocenters. The number of ether oxygens (including phenoxy) is 1. The van der Waals surface area contributed by atoms with Gasteiger partial charge < -0.3 is 15.8 Å². The summed E-state index contributed by atoms with van der Waals surface area (Å²) in [6, 6.07) is 3.92. The molecule has 96 valence electrons. The number of nitrogens with zero attached hydrogens (tertiary/aromatic N) is 1. The maximum atomic E-state index is 5.63. The second kappa shape index (κ2) is 7.90. The molecule has 17 heavy (non-hydrogen) atoms. The van der Waals surface area contributed by atoms with E-state index < -0.39 is 0 Å². The molecule has 0 atom stereocenters. The van der Waals surface area contributed by atoms with Crippen molar-refractivity contribution in [1.82, 2.24) is 4.98 Å². The molecule has 4 nitrogen and oxygen atoms in total. The molecule has 0 amide bonds. The van der Waals surface area contributed by atoms with E-state index in [1.54, 1.807) is 0 Å². The summed E-state index contributed by atoms with van der Waals surface area (Å²) >= 11 is 0. The fourth-order valence-electron chi connectivity index (χ4n) is 1.56. The molecule has 0 radical (unpaired) electrons. The first-order chi connectivity index (χ1) is 8.26. The Bertz CT molecular complexity index is 328. The fourth-order valence-corrected chi connectivity index (χ4v) is 1.56. The minimum Gasteiger partial charge on any atom is -0.478 e. The van der Waals surface area contributed by atoms with E-state index in [0.717, 1.165) is 31.0 Å². The Kier molecular flexibility index (Phi) is 6.40. The summed E-state index contributed by atoms with van der Waals surface area (Å²) in [4.78, 5) is 4.35. The summed E-state index contributed by atoms with van der Waals surface area (Å²) < 4.78 is 5.63. The highest BCUT2D eigenvalue weighted by Crippen LogP contribution is 2.16. The van der Waals surface area contributed by atoms with E-state index in [9.17, 15) is 0 Å². The van der Waals surface area contributed by atoms with E-state index in [4.69, 9.17) is 10.5 Å². The Morgan fingerprint density at radius 3 is 2.88 bits per heavy atom. The van der Waals surface area contributed by atoms with E-state index in [0.29, 0.717) is 12.4 Å². The van der Waals surface area contributed by atoms with Crippen LogP contribution in [0.2, 0.25) is 0 Å². The molecule has 0 aliphatic heterocycles. The maximum Gasteiger partial charge on any atom is 0.215 e. The van der Waals surface area contributed by atoms with Crippen LogP contribution in [0.1, 0.15) is 31.9 Å². The molecule has 0 fully saturated rings. The lowest BCUT2D eigenvalue weighted by molar-refractivity contribution is 0.294. The summed E-state index contributed by atoms with van der Waals surface area (Å²) in [6.07, 6.45) is 3.48. The number of anilines is 1. The van der Waals surface area contributed by atoms with E-state index in [-0.39, 0.29) is 0 Å². The molecule has 0 bridgehead atoms. The van der Waals surface area contributed by atoms with Crippen LogP contribution in [0, 0.1) is 6.92 Å². The van der Waals surface area contributed by atoms with Crippen LogP contribution >= 0.6 is 0 Å². The zero-order valence-electron chi connectivity index (χ0n) is 10.8. The van der Waals surface area contributed by atoms with Crippen molar-refractivity contribution in [1.29, 1.82) is 0 Å². The van der Waals surface area contributed by atoms with Crippen molar-refractivity contribution in [3.8, 4) is 5.88 Å². The van der Waals surface area contributed by atoms with Crippen molar-refractivity contribution in [2.75, 3.05) is 25.0 Å². The molecular weight excluding hydrogens is 214 g/mol. The lowest BCUT2D eigenvalue weighted by atomic mass is 10.3. The highest BCUT2D eigenvalue weighted by Gasteiger charge is 2.00. The molecule has 0 aromatic carbocycles. The second-order valence-corrected chi connectivity index (χ2v) is 4.11. The molecule has 0 saturated heterocycles. The van der Waals surface area contributed by atoms with Crippen molar-refractivity contribution in [3.05, 3.63) is 17.8 Å². The van der Waals surface area contributed by atoms with Crippen LogP contribution < -0.4 is 15.8 Å². The first kappa shape index (κ1) is 13.8. The van der Waals surface area contributed by atoms with E-state index >= 15 is 0 Å². The predicted octanol–water partition coefficient (Wildman–Crippen LogP) is 2.33. The van der Waals surface area contributed by atoms with Gasteiger partial charge in [-0.2, -0.15) is 0 Å². The smallest absolute Gasteiger partial charge is 0.215 e. The number of nitrogens with two attached hydrogens (primary N) is 1. The highest BCUT2D eigenvalue weighted by molar-refractivity contribution is 5.47. The van der Waals surface area contributed by atoms with Gasteiger partial charge in [-0.15, -0.1) is 0 Å². The number of unbranched alkanes of at least 4 members (excludes halogenated alkanes) is 2. The molecule has 1 aromatic heterocycles. The molecule has 4 heteroatoms. The molecule has 1 aromatic rings. The Morgan fingerprint density at radius 1 is 1.35 bits per heavy atom. The molecule has 1 rings (SSSR count). The van der Waals surface area contributed by atoms with Crippen LogP contribution in [-0.2, 0) is 0 Å². The average Bonchev–Trinajstić information content (AvgIpc) is 2.31. The standard InChI is InChI=1S/C13H23N3O/c1-3-4-5-8-17-13-10-12(15-7-6-14)9-11(2)16-13/h9-10H,3-8,14H2,1-2H3,(H,15,16). The minimum absolute atomic E-state index is 0.619. The summed E-state index contributed by atoms with van der Waals surface area (Å²) in [5.74, 6) is 0.695. The molecule has 3 N–H and O–H groups in total. The summed E-state index contributed by atoms with van der Waals surface area (Å²) in [5.41, 5.74) is 7.43. The fraction of sp³-hybridized carbons (Fsp3) is 0.615. The van der Waals surface area contributed by atoms with Crippen molar-refractivity contribution in [2.45, 2.75) is 33.1 Å². The SMILES string of the molecule is CCCCCOc1cc(NCCN)cc(C)n1. The van der Waals surface area contributed by atoms with Crippen LogP contribution in [0.4, 0.5) is 5.69 Å². The minimum atomic E-state index is 0.619. The van der Waals surface area contributed by atoms with Gasteiger partial charge in [-0.1, -0.05) is 19.8 Å². The number of pyridine rings is 1. The zero-order chi connectivity index (χ0) is 12.5. The van der Waals surface area contributed by atoms with Gasteiger partial charge in [-0.05, 0) is 19.4 Å². The van der Waals surface area contributed by atoms with E-state index in [1.807, 2.05) is 19.1 Å². The Morgan fingerprint density at radius 2 is 2.18 bits per heavy atom. The lowest BCUT2D eigenvalue weighted by Crippen LogP contribution is -2.13. The molecule has 1 heterocycles. The Labute approximate surface area is 104 Å². The van der Waals surface area contributed by atoms with Crippen LogP contribution in [0.15, 0.2) is 12.1 Å². The van der Waals surface area contributed by atoms with Gasteiger partial charge >= 0.3 is 0 Å². The number of nitrogens with one attached hydrogen (secondary N) is 1. The first-order valence-electron chi connectivity index (χ1n) is 6.31. The third kappa shape index (κ3) is 5.54. The summed E-state index contributed by atoms with van der Waals surface area (Å²) in [7, 11) is 0. The van der Waals surface area contributed by atoms with Crippen molar-refractivity contribution < 1.29 is 4.74 Å². The predicted molar refractivity (Wildman–Crippen MR) is 71.5 cm³/mol. The summed E-state index contributed by atoms with van der Waals surface area (Å²) in [5, 5.41) is 3.23. The Balaban J connectivity index is 2.50. The summed E-state index contributed by atoms with van der Waals surface area (Å²) in [6.45, 7) is 6.26. The van der Waals surface area contributed by atoms with Gasteiger partial charge in [0.1, 0.15) is 0 Å². The monoisotopic (exact) mass is 237 g/mol. The molecule has 0 aliphatic rings. The van der Waals surface area contributed by atoms with Crippen LogP contribution in [-0.4, -0.2) is 24.7 Å². The maximum absolute atomic E-state index is 5.63. The number of hydrogen-bond acceptors (Lipinski definition) is 4. The average molecular weight is 237 g/mol. The molecular formula is C13H23N3O. The first-order valence-corrected chi connectivity index (χ1v) is 6.31. The van der Waals surface area contributed by atoms with Gasteiger partial charge in [0.05, 0.1) is 6.61 Å². The lowest BCUT2D eigenvalue weighted by Gasteiger charge is -2.09. The van der Waals surface area contributed by atoms with Crippen molar-refractivity contribution >= 4 is 5.69 Å². The van der Waals surface area contributed by atoms with Crippen LogP contribution in [0.5, 0.6) is 5.88 Å². The molecule has 0 aliphatic carbocycles. The number of hydrogen-bond donors (Lipinski definition) is 2. The number of aryl methyl sites for hydroxylation is 1. The third-order valence-electron chi connectivity index (χ3n) is 2.40. The largest absolute Gasteiger partial charge is 0.478 e. The second-order valence-electron chi connectivity index (χ2n) is 4.11. The van der Waals surface area contributed by atoms with Gasteiger partial charge in [-0.25, -0.2) is 4.98 Å². The quantitative estimate of drug-likeness (QED) is 0.681. The normalized spacial score (nSPS) is 10.3. The van der Waals surface area contributed by atoms with Gasteiger partial charge in [-0.3, -0.25) is 0 Å². The van der Waals surface area contributed by atoms with E-state index in [2.05, 4.69) is 17.2 Å². The van der Waals surface area contributed by atoms with Crippen LogP contribution in [0.3, 0.4) is 0 Å². The van der Waals surface area contributed by atoms with Crippen molar-refractivity contribution in [3.63, 3.8) is 0 Å². The highest BCUT2D eigenvalue weighted by atomic mass is 16.5. The molecule has 0 spiro atoms. The molecule has 0 saturated carbocycles. The topological polar surface area (TPSA) is 60.2 Å². The zero-order valence-corrected chi connectivity index (χ0v) is 10.8. The van der Waals surface area contributed by atoms with Crippen LogP contribution in [0.25, 0.3) is 0 Å². The van der Waals surface area contributed by atoms with Gasteiger partial charge in [0.25, 0.3) is 0 Å². The van der Waals surface area contributed by atoms with Gasteiger partial charge in [0.2, 0.25) is 5.88 Å².